The third kappa shape index (κ3) is 18.4. The van der Waals surface area contributed by atoms with Crippen LogP contribution in [0.2, 0.25) is 0 Å². The van der Waals surface area contributed by atoms with E-state index in [-0.39, 0.29) is 108 Å². The van der Waals surface area contributed by atoms with Gasteiger partial charge in [0.1, 0.15) is 12.1 Å². The number of nitrogens with zero attached hydrogens (tertiary/aromatic N) is 3. The number of hydrogen-bond donors (Lipinski definition) is 2. The molecule has 1 aromatic rings. The van der Waals surface area contributed by atoms with Crippen LogP contribution in [0.25, 0.3) is 0 Å². The number of rotatable bonds is 14. The molecule has 0 bridgehead atoms. The van der Waals surface area contributed by atoms with Gasteiger partial charge in [-0.1, -0.05) is 175 Å². The minimum atomic E-state index is -1.38. The van der Waals surface area contributed by atoms with Crippen molar-refractivity contribution in [3.05, 3.63) is 35.9 Å². The van der Waals surface area contributed by atoms with Crippen LogP contribution in [0, 0.1) is 58.2 Å². The Morgan fingerprint density at radius 1 is 0.605 bits per heavy atom. The van der Waals surface area contributed by atoms with Crippen molar-refractivity contribution in [3.63, 3.8) is 0 Å². The maximum absolute atomic E-state index is 14.1. The molecule has 1 aromatic carbocycles. The number of ketones is 4. The maximum atomic E-state index is 14.1. The number of benzene rings is 1. The van der Waals surface area contributed by atoms with E-state index < -0.39 is 65.8 Å². The Labute approximate surface area is 513 Å². The first-order valence-electron chi connectivity index (χ1n) is 33.0. The van der Waals surface area contributed by atoms with Crippen molar-refractivity contribution < 1.29 is 62.5 Å². The van der Waals surface area contributed by atoms with Crippen LogP contribution in [0.1, 0.15) is 227 Å². The van der Waals surface area contributed by atoms with Gasteiger partial charge in [0, 0.05) is 84.0 Å². The van der Waals surface area contributed by atoms with Gasteiger partial charge in [0.05, 0.1) is 25.6 Å². The number of carbonyl (C=O) groups excluding carboxylic acids is 10. The number of nitrogens with one attached hydrogen (secondary N) is 1. The number of fused-ring (bicyclic) bond motifs is 6. The second-order valence-electron chi connectivity index (χ2n) is 27.9. The summed E-state index contributed by atoms with van der Waals surface area (Å²) in [7, 11) is 4.50. The van der Waals surface area contributed by atoms with Crippen LogP contribution in [0.4, 0.5) is 0 Å². The number of aliphatic hydroxyl groups excluding tert-OH is 1. The summed E-state index contributed by atoms with van der Waals surface area (Å²) < 4.78 is 10.2. The summed E-state index contributed by atoms with van der Waals surface area (Å²) in [5, 5.41) is 14.1. The van der Waals surface area contributed by atoms with Crippen LogP contribution in [0.5, 0.6) is 0 Å². The van der Waals surface area contributed by atoms with Crippen LogP contribution < -0.4 is 5.32 Å². The fraction of sp³-hybridized carbons (Fsp3) is 0.768. The SMILES string of the molecule is COC(=O)CCC(=O)C(OC(C)=O)[C@@H]1CCCCCCCCCC[C@H](C)C(=O)N2C[C@H]3[C@@H]([C@H]2C(=O)C1)C3(C)C.C[C@H]1CCCCCCCCCC[C@@H](C(O)C(=O)CCC(=O)N[C@H](C(=O)N(C)C)c2ccccc2)CC(=O)[C@@H]2[C@@H]3[C@H](CN2C1=O)C3(C)C. The van der Waals surface area contributed by atoms with Crippen molar-refractivity contribution in [1.29, 1.82) is 0 Å². The molecular formula is C69H106N4O13. The number of methoxy groups -OCH3 is 1. The molecule has 86 heavy (non-hydrogen) atoms. The molecule has 2 N–H and O–H groups in total. The molecule has 4 aliphatic heterocycles. The Morgan fingerprint density at radius 3 is 1.47 bits per heavy atom. The van der Waals surface area contributed by atoms with Crippen molar-refractivity contribution in [3.8, 4) is 0 Å². The molecule has 480 valence electrons. The van der Waals surface area contributed by atoms with Gasteiger partial charge in [-0.25, -0.2) is 0 Å². The molecule has 2 saturated carbocycles. The van der Waals surface area contributed by atoms with Gasteiger partial charge >= 0.3 is 11.9 Å². The summed E-state index contributed by atoms with van der Waals surface area (Å²) in [5.74, 6) is -3.17. The molecule has 4 amide bonds. The Morgan fingerprint density at radius 2 is 1.02 bits per heavy atom. The lowest BCUT2D eigenvalue weighted by Crippen LogP contribution is -2.48. The fourth-order valence-corrected chi connectivity index (χ4v) is 15.0. The highest BCUT2D eigenvalue weighted by Crippen LogP contribution is 2.66. The third-order valence-electron chi connectivity index (χ3n) is 20.7. The van der Waals surface area contributed by atoms with Crippen LogP contribution >= 0.6 is 0 Å². The lowest BCUT2D eigenvalue weighted by Gasteiger charge is -2.33. The van der Waals surface area contributed by atoms with Gasteiger partial charge in [-0.05, 0) is 71.7 Å². The molecule has 4 heterocycles. The predicted octanol–water partition coefficient (Wildman–Crippen LogP) is 10.3. The van der Waals surface area contributed by atoms with Crippen molar-refractivity contribution in [2.24, 2.45) is 58.2 Å². The molecule has 13 atom stereocenters. The molecule has 0 aromatic heterocycles. The first-order chi connectivity index (χ1) is 40.8. The van der Waals surface area contributed by atoms with E-state index in [0.29, 0.717) is 43.3 Å². The highest BCUT2D eigenvalue weighted by molar-refractivity contribution is 5.95. The first kappa shape index (κ1) is 69.8. The Hall–Kier alpha value is -5.32. The van der Waals surface area contributed by atoms with Crippen LogP contribution in [-0.2, 0) is 57.4 Å². The minimum absolute atomic E-state index is 0.000211. The van der Waals surface area contributed by atoms with Gasteiger partial charge in [0.25, 0.3) is 0 Å². The lowest BCUT2D eigenvalue weighted by molar-refractivity contribution is -0.158. The van der Waals surface area contributed by atoms with E-state index in [1.807, 2.05) is 29.7 Å². The quantitative estimate of drug-likeness (QED) is 0.165. The third-order valence-corrected chi connectivity index (χ3v) is 20.7. The number of Topliss-reactive ketones (excluding diaryl/α,β-unsaturated/α-hetero) is 4. The van der Waals surface area contributed by atoms with Gasteiger partial charge in [0.15, 0.2) is 29.2 Å². The highest BCUT2D eigenvalue weighted by Gasteiger charge is 2.70. The molecule has 2 aliphatic carbocycles. The second kappa shape index (κ2) is 32.2. The Kier molecular flexibility index (Phi) is 26.2. The average Bonchev–Trinajstić information content (AvgIpc) is 1.74. The molecule has 0 radical (unpaired) electrons. The zero-order chi connectivity index (χ0) is 63.0. The van der Waals surface area contributed by atoms with Crippen molar-refractivity contribution >= 4 is 58.7 Å². The molecule has 7 rings (SSSR count). The topological polar surface area (TPSA) is 231 Å². The van der Waals surface area contributed by atoms with E-state index >= 15 is 0 Å². The summed E-state index contributed by atoms with van der Waals surface area (Å²) in [6, 6.07) is 7.05. The predicted molar refractivity (Wildman–Crippen MR) is 327 cm³/mol. The maximum Gasteiger partial charge on any atom is 0.305 e. The Bertz CT molecular complexity index is 2510. The van der Waals surface area contributed by atoms with Gasteiger partial charge in [-0.2, -0.15) is 0 Å². The van der Waals surface area contributed by atoms with Gasteiger partial charge in [0.2, 0.25) is 23.6 Å². The lowest BCUT2D eigenvalue weighted by atomic mass is 9.84. The monoisotopic (exact) mass is 1200 g/mol. The fourth-order valence-electron chi connectivity index (χ4n) is 15.0. The number of hydrogen-bond acceptors (Lipinski definition) is 13. The number of ether oxygens (including phenoxy) is 2. The zero-order valence-electron chi connectivity index (χ0n) is 53.9. The average molecular weight is 1200 g/mol. The molecule has 6 fully saturated rings. The minimum Gasteiger partial charge on any atom is -0.469 e. The van der Waals surface area contributed by atoms with E-state index in [9.17, 15) is 53.1 Å². The highest BCUT2D eigenvalue weighted by atomic mass is 16.5. The summed E-state index contributed by atoms with van der Waals surface area (Å²) in [6.45, 7) is 15.1. The van der Waals surface area contributed by atoms with Gasteiger partial charge in [-0.15, -0.1) is 0 Å². The number of carbonyl (C=O) groups is 10. The number of amides is 4. The first-order valence-corrected chi connectivity index (χ1v) is 33.0. The van der Waals surface area contributed by atoms with E-state index in [1.54, 1.807) is 38.4 Å². The zero-order valence-corrected chi connectivity index (χ0v) is 53.9. The summed E-state index contributed by atoms with van der Waals surface area (Å²) in [5.41, 5.74) is 0.628. The van der Waals surface area contributed by atoms with Crippen molar-refractivity contribution in [1.82, 2.24) is 20.0 Å². The molecule has 0 spiro atoms. The second-order valence-corrected chi connectivity index (χ2v) is 27.9. The van der Waals surface area contributed by atoms with Crippen molar-refractivity contribution in [2.45, 2.75) is 246 Å². The van der Waals surface area contributed by atoms with E-state index in [2.05, 4.69) is 37.7 Å². The molecule has 17 nitrogen and oxygen atoms in total. The van der Waals surface area contributed by atoms with Crippen LogP contribution in [0.15, 0.2) is 30.3 Å². The molecule has 4 saturated heterocycles. The largest absolute Gasteiger partial charge is 0.469 e. The Balaban J connectivity index is 0.000000280. The standard InChI is InChI=1S/C38H57N3O6.C31H49NO7/c1-25-17-13-10-8-6-7-9-11-14-20-27(23-30(43)34-32-28(38(32,2)3)24-41(34)36(25)46)35(45)29(42)21-22-31(44)39-33(37(47)40(4)5)26-18-15-12-16-19-26;1-20-14-12-10-8-6-7-9-11-13-15-22(29(39-21(2)33)24(34)16-17-26(36)38-5)18-25(35)28-27-23(31(27,3)4)19-32(28)30(20)37/h12,15-16,18-19,25,27-28,32-35,45H,6-11,13-14,17,20-24H2,1-5H3,(H,39,44);20,22-23,27-29H,6-19H2,1-5H3/t25-,27+,28-,32-,33-,34+,35?;20-,22+,23-,27-,28+,29?/m00/s1. The van der Waals surface area contributed by atoms with Crippen molar-refractivity contribution in [2.75, 3.05) is 34.3 Å². The molecule has 2 unspecified atom stereocenters. The number of aliphatic hydroxyl groups is 1. The van der Waals surface area contributed by atoms with E-state index in [4.69, 9.17) is 4.74 Å². The van der Waals surface area contributed by atoms with E-state index in [0.717, 1.165) is 109 Å². The van der Waals surface area contributed by atoms with E-state index in [1.165, 1.54) is 25.4 Å². The van der Waals surface area contributed by atoms with Crippen LogP contribution in [0.3, 0.4) is 0 Å². The van der Waals surface area contributed by atoms with Gasteiger partial charge < -0.3 is 34.6 Å². The summed E-state index contributed by atoms with van der Waals surface area (Å²) in [4.78, 5) is 137. The summed E-state index contributed by atoms with van der Waals surface area (Å²) in [6.07, 6.45) is 16.7. The molecule has 6 aliphatic rings. The number of likely N-dealkylation sites (N-methyl/N-ethyl adjacent to an activating group) is 1. The van der Waals surface area contributed by atoms with Crippen LogP contribution in [-0.4, -0.2) is 137 Å². The number of piperidine rings is 2. The molecular weight excluding hydrogens is 1090 g/mol. The normalized spacial score (nSPS) is 29.5. The van der Waals surface area contributed by atoms with Gasteiger partial charge in [-0.3, -0.25) is 47.9 Å². The molecule has 17 heteroatoms. The smallest absolute Gasteiger partial charge is 0.305 e. The summed E-state index contributed by atoms with van der Waals surface area (Å²) >= 11 is 0. The number of esters is 2.